The van der Waals surface area contributed by atoms with Gasteiger partial charge in [-0.05, 0) is 12.3 Å². The van der Waals surface area contributed by atoms with E-state index in [9.17, 15) is 0 Å². The van der Waals surface area contributed by atoms with E-state index in [-0.39, 0.29) is 0 Å². The zero-order valence-corrected chi connectivity index (χ0v) is 13.7. The fraction of sp³-hybridized carbons (Fsp3) is 1.00. The standard InChI is InChI=1S/C16H33Br/c1-16(2)14-12-10-8-6-4-3-5-7-9-11-13-15-17/h16H,3-15H2,1-2H3. The van der Waals surface area contributed by atoms with E-state index in [0.29, 0.717) is 0 Å². The zero-order valence-electron chi connectivity index (χ0n) is 12.1. The number of hydrogen-bond acceptors (Lipinski definition) is 0. The number of hydrogen-bond donors (Lipinski definition) is 0. The Bertz CT molecular complexity index is 131. The van der Waals surface area contributed by atoms with E-state index in [1.54, 1.807) is 0 Å². The van der Waals surface area contributed by atoms with Crippen molar-refractivity contribution < 1.29 is 0 Å². The normalized spacial score (nSPS) is 11.3. The molecule has 0 radical (unpaired) electrons. The Hall–Kier alpha value is 0.480. The molecule has 0 aromatic carbocycles. The minimum Gasteiger partial charge on any atom is -0.0928 e. The summed E-state index contributed by atoms with van der Waals surface area (Å²) >= 11 is 3.48. The molecule has 0 saturated carbocycles. The highest BCUT2D eigenvalue weighted by atomic mass is 79.9. The van der Waals surface area contributed by atoms with Crippen LogP contribution in [-0.4, -0.2) is 5.33 Å². The van der Waals surface area contributed by atoms with Gasteiger partial charge in [-0.2, -0.15) is 0 Å². The predicted molar refractivity (Wildman–Crippen MR) is 84.0 cm³/mol. The summed E-state index contributed by atoms with van der Waals surface area (Å²) in [6.07, 6.45) is 17.4. The highest BCUT2D eigenvalue weighted by molar-refractivity contribution is 9.09. The zero-order chi connectivity index (χ0) is 12.8. The molecule has 104 valence electrons. The van der Waals surface area contributed by atoms with E-state index in [2.05, 4.69) is 29.8 Å². The molecule has 0 aromatic rings. The average Bonchev–Trinajstić information content (AvgIpc) is 2.30. The second-order valence-electron chi connectivity index (χ2n) is 5.76. The number of unbranched alkanes of at least 4 members (excludes halogenated alkanes) is 10. The van der Waals surface area contributed by atoms with E-state index in [4.69, 9.17) is 0 Å². The molecule has 0 aromatic heterocycles. The molecule has 0 unspecified atom stereocenters. The summed E-state index contributed by atoms with van der Waals surface area (Å²) in [5, 5.41) is 1.18. The Morgan fingerprint density at radius 3 is 1.29 bits per heavy atom. The lowest BCUT2D eigenvalue weighted by atomic mass is 10.0. The monoisotopic (exact) mass is 304 g/mol. The van der Waals surface area contributed by atoms with Crippen LogP contribution in [-0.2, 0) is 0 Å². The van der Waals surface area contributed by atoms with Crippen molar-refractivity contribution in [2.75, 3.05) is 5.33 Å². The van der Waals surface area contributed by atoms with E-state index in [0.717, 1.165) is 5.92 Å². The Morgan fingerprint density at radius 1 is 0.588 bits per heavy atom. The van der Waals surface area contributed by atoms with Crippen LogP contribution in [0.25, 0.3) is 0 Å². The summed E-state index contributed by atoms with van der Waals surface area (Å²) < 4.78 is 0. The quantitative estimate of drug-likeness (QED) is 0.262. The van der Waals surface area contributed by atoms with Crippen molar-refractivity contribution in [3.8, 4) is 0 Å². The summed E-state index contributed by atoms with van der Waals surface area (Å²) in [4.78, 5) is 0. The molecule has 0 N–H and O–H groups in total. The molecule has 0 spiro atoms. The molecule has 0 fully saturated rings. The molecule has 0 aliphatic rings. The van der Waals surface area contributed by atoms with Gasteiger partial charge < -0.3 is 0 Å². The second-order valence-corrected chi connectivity index (χ2v) is 6.55. The van der Waals surface area contributed by atoms with Gasteiger partial charge >= 0.3 is 0 Å². The lowest BCUT2D eigenvalue weighted by Crippen LogP contribution is -1.87. The van der Waals surface area contributed by atoms with Crippen LogP contribution in [0.15, 0.2) is 0 Å². The fourth-order valence-electron chi connectivity index (χ4n) is 2.24. The van der Waals surface area contributed by atoms with Gasteiger partial charge in [-0.1, -0.05) is 100 Å². The molecule has 0 bridgehead atoms. The topological polar surface area (TPSA) is 0 Å². The van der Waals surface area contributed by atoms with Crippen LogP contribution in [0.5, 0.6) is 0 Å². The van der Waals surface area contributed by atoms with Crippen LogP contribution in [0, 0.1) is 5.92 Å². The predicted octanol–water partition coefficient (Wildman–Crippen LogP) is 6.72. The molecular weight excluding hydrogens is 272 g/mol. The lowest BCUT2D eigenvalue weighted by Gasteiger charge is -2.04. The van der Waals surface area contributed by atoms with Crippen molar-refractivity contribution in [1.82, 2.24) is 0 Å². The molecule has 0 heterocycles. The second kappa shape index (κ2) is 14.5. The molecule has 0 amide bonds. The summed E-state index contributed by atoms with van der Waals surface area (Å²) in [5.41, 5.74) is 0. The maximum Gasteiger partial charge on any atom is 0.00313 e. The van der Waals surface area contributed by atoms with Crippen LogP contribution >= 0.6 is 15.9 Å². The lowest BCUT2D eigenvalue weighted by molar-refractivity contribution is 0.504. The van der Waals surface area contributed by atoms with Crippen molar-refractivity contribution in [3.63, 3.8) is 0 Å². The number of alkyl halides is 1. The molecule has 0 atom stereocenters. The van der Waals surface area contributed by atoms with E-state index in [1.807, 2.05) is 0 Å². The van der Waals surface area contributed by atoms with E-state index < -0.39 is 0 Å². The van der Waals surface area contributed by atoms with Crippen LogP contribution < -0.4 is 0 Å². The molecule has 17 heavy (non-hydrogen) atoms. The molecule has 1 heteroatoms. The van der Waals surface area contributed by atoms with Gasteiger partial charge in [0, 0.05) is 5.33 Å². The largest absolute Gasteiger partial charge is 0.0928 e. The van der Waals surface area contributed by atoms with Crippen molar-refractivity contribution >= 4 is 15.9 Å². The van der Waals surface area contributed by atoms with Gasteiger partial charge in [-0.15, -0.1) is 0 Å². The minimum absolute atomic E-state index is 0.898. The Kier molecular flexibility index (Phi) is 15.0. The summed E-state index contributed by atoms with van der Waals surface area (Å²) in [6.45, 7) is 4.66. The maximum absolute atomic E-state index is 3.48. The first-order chi connectivity index (χ1) is 8.27. The SMILES string of the molecule is CC(C)CCCCCCCCCCCCCBr. The Balaban J connectivity index is 2.89. The molecule has 0 aliphatic carbocycles. The number of halogens is 1. The molecular formula is C16H33Br. The van der Waals surface area contributed by atoms with Crippen molar-refractivity contribution in [2.45, 2.75) is 90.9 Å². The fourth-order valence-corrected chi connectivity index (χ4v) is 2.63. The van der Waals surface area contributed by atoms with Gasteiger partial charge in [-0.25, -0.2) is 0 Å². The van der Waals surface area contributed by atoms with Crippen LogP contribution in [0.3, 0.4) is 0 Å². The van der Waals surface area contributed by atoms with Gasteiger partial charge in [0.2, 0.25) is 0 Å². The summed E-state index contributed by atoms with van der Waals surface area (Å²) in [6, 6.07) is 0. The highest BCUT2D eigenvalue weighted by Crippen LogP contribution is 2.13. The van der Waals surface area contributed by atoms with Crippen LogP contribution in [0.4, 0.5) is 0 Å². The van der Waals surface area contributed by atoms with Crippen LogP contribution in [0.1, 0.15) is 90.9 Å². The van der Waals surface area contributed by atoms with Gasteiger partial charge in [-0.3, -0.25) is 0 Å². The van der Waals surface area contributed by atoms with Crippen molar-refractivity contribution in [1.29, 1.82) is 0 Å². The third-order valence-electron chi connectivity index (χ3n) is 3.42. The molecule has 0 saturated heterocycles. The Morgan fingerprint density at radius 2 is 0.941 bits per heavy atom. The van der Waals surface area contributed by atoms with Gasteiger partial charge in [0.15, 0.2) is 0 Å². The first-order valence-electron chi connectivity index (χ1n) is 7.83. The summed E-state index contributed by atoms with van der Waals surface area (Å²) in [5.74, 6) is 0.898. The van der Waals surface area contributed by atoms with Crippen molar-refractivity contribution in [3.05, 3.63) is 0 Å². The third kappa shape index (κ3) is 16.5. The van der Waals surface area contributed by atoms with Crippen molar-refractivity contribution in [2.24, 2.45) is 5.92 Å². The third-order valence-corrected chi connectivity index (χ3v) is 3.98. The number of rotatable bonds is 13. The minimum atomic E-state index is 0.898. The summed E-state index contributed by atoms with van der Waals surface area (Å²) in [7, 11) is 0. The first-order valence-corrected chi connectivity index (χ1v) is 8.95. The maximum atomic E-state index is 3.48. The Labute approximate surface area is 118 Å². The molecule has 0 rings (SSSR count). The van der Waals surface area contributed by atoms with Gasteiger partial charge in [0.1, 0.15) is 0 Å². The molecule has 0 nitrogen and oxygen atoms in total. The van der Waals surface area contributed by atoms with Gasteiger partial charge in [0.05, 0.1) is 0 Å². The smallest absolute Gasteiger partial charge is 0.00313 e. The molecule has 0 aliphatic heterocycles. The van der Waals surface area contributed by atoms with E-state index >= 15 is 0 Å². The average molecular weight is 305 g/mol. The van der Waals surface area contributed by atoms with E-state index in [1.165, 1.54) is 82.4 Å². The highest BCUT2D eigenvalue weighted by Gasteiger charge is 1.95. The van der Waals surface area contributed by atoms with Gasteiger partial charge in [0.25, 0.3) is 0 Å². The first kappa shape index (κ1) is 17.5. The van der Waals surface area contributed by atoms with Crippen LogP contribution in [0.2, 0.25) is 0 Å².